The normalized spacial score (nSPS) is 11.3. The topological polar surface area (TPSA) is 90.6 Å². The van der Waals surface area contributed by atoms with Gasteiger partial charge in [-0.2, -0.15) is 0 Å². The molecule has 4 aromatic rings. The van der Waals surface area contributed by atoms with Gasteiger partial charge in [0.1, 0.15) is 23.2 Å². The first-order chi connectivity index (χ1) is 14.6. The zero-order valence-electron chi connectivity index (χ0n) is 17.6. The Balaban J connectivity index is 1.69. The summed E-state index contributed by atoms with van der Waals surface area (Å²) in [5.74, 6) is 1.62. The van der Waals surface area contributed by atoms with Crippen molar-refractivity contribution in [1.29, 1.82) is 0 Å². The van der Waals surface area contributed by atoms with Crippen LogP contribution in [0.25, 0.3) is 16.7 Å². The Labute approximate surface area is 175 Å². The minimum absolute atomic E-state index is 0.140. The average Bonchev–Trinajstić information content (AvgIpc) is 3.24. The van der Waals surface area contributed by atoms with Crippen molar-refractivity contribution in [2.24, 2.45) is 0 Å². The summed E-state index contributed by atoms with van der Waals surface area (Å²) in [7, 11) is 2.00. The van der Waals surface area contributed by atoms with Gasteiger partial charge in [0.2, 0.25) is 0 Å². The number of anilines is 3. The second-order valence-electron chi connectivity index (χ2n) is 7.41. The van der Waals surface area contributed by atoms with Crippen LogP contribution in [0.2, 0.25) is 0 Å². The number of hydrogen-bond donors (Lipinski definition) is 3. The predicted molar refractivity (Wildman–Crippen MR) is 121 cm³/mol. The van der Waals surface area contributed by atoms with Crippen LogP contribution in [0.1, 0.15) is 11.1 Å². The monoisotopic (exact) mass is 405 g/mol. The summed E-state index contributed by atoms with van der Waals surface area (Å²) in [6.45, 7) is 6.46. The standard InChI is InChI=1S/C22H27N7O/c1-15-5-4-6-16(2)20(15)27-21-18-13-24-14-29(18)22-17(25-21)7-8-19(26-22)28(3)11-9-23-10-12-30/h4-8,13-14,23,30H,9-12H2,1-3H3,(H,25,27). The van der Waals surface area contributed by atoms with Crippen molar-refractivity contribution in [2.45, 2.75) is 13.8 Å². The third-order valence-corrected chi connectivity index (χ3v) is 5.21. The van der Waals surface area contributed by atoms with Crippen LogP contribution in [0.15, 0.2) is 42.9 Å². The minimum Gasteiger partial charge on any atom is -0.395 e. The SMILES string of the molecule is Cc1cccc(C)c1Nc1nc2ccc(N(C)CCNCCO)nc2n2cncc12. The second kappa shape index (κ2) is 8.64. The van der Waals surface area contributed by atoms with E-state index in [1.54, 1.807) is 12.5 Å². The molecule has 0 saturated heterocycles. The van der Waals surface area contributed by atoms with E-state index in [9.17, 15) is 0 Å². The first-order valence-electron chi connectivity index (χ1n) is 10.1. The summed E-state index contributed by atoms with van der Waals surface area (Å²) in [6, 6.07) is 10.2. The Morgan fingerprint density at radius 3 is 2.63 bits per heavy atom. The summed E-state index contributed by atoms with van der Waals surface area (Å²) in [5, 5.41) is 15.6. The maximum Gasteiger partial charge on any atom is 0.166 e. The molecule has 8 heteroatoms. The highest BCUT2D eigenvalue weighted by Gasteiger charge is 2.13. The van der Waals surface area contributed by atoms with Crippen molar-refractivity contribution in [3.05, 3.63) is 54.0 Å². The van der Waals surface area contributed by atoms with Crippen LogP contribution in [-0.4, -0.2) is 57.7 Å². The number of benzene rings is 1. The van der Waals surface area contributed by atoms with Gasteiger partial charge < -0.3 is 20.6 Å². The number of para-hydroxylation sites is 1. The smallest absolute Gasteiger partial charge is 0.166 e. The van der Waals surface area contributed by atoms with E-state index in [0.29, 0.717) is 6.54 Å². The average molecular weight is 406 g/mol. The van der Waals surface area contributed by atoms with Gasteiger partial charge in [0, 0.05) is 32.4 Å². The van der Waals surface area contributed by atoms with Crippen molar-refractivity contribution in [2.75, 3.05) is 43.5 Å². The number of aromatic nitrogens is 4. The van der Waals surface area contributed by atoms with Crippen molar-refractivity contribution in [1.82, 2.24) is 24.7 Å². The largest absolute Gasteiger partial charge is 0.395 e. The number of aryl methyl sites for hydroxylation is 2. The Kier molecular flexibility index (Phi) is 5.78. The molecule has 0 fully saturated rings. The van der Waals surface area contributed by atoms with Crippen LogP contribution in [0.3, 0.4) is 0 Å². The number of rotatable bonds is 8. The number of likely N-dealkylation sites (N-methyl/N-ethyl adjacent to an activating group) is 1. The molecule has 0 aliphatic rings. The Morgan fingerprint density at radius 1 is 1.07 bits per heavy atom. The molecule has 156 valence electrons. The Morgan fingerprint density at radius 2 is 1.87 bits per heavy atom. The predicted octanol–water partition coefficient (Wildman–Crippen LogP) is 2.66. The number of nitrogens with one attached hydrogen (secondary N) is 2. The zero-order chi connectivity index (χ0) is 21.1. The van der Waals surface area contributed by atoms with Crippen molar-refractivity contribution >= 4 is 34.0 Å². The fourth-order valence-corrected chi connectivity index (χ4v) is 3.51. The molecule has 0 aliphatic carbocycles. The van der Waals surface area contributed by atoms with Gasteiger partial charge in [-0.15, -0.1) is 0 Å². The van der Waals surface area contributed by atoms with E-state index in [2.05, 4.69) is 52.6 Å². The number of aliphatic hydroxyl groups is 1. The van der Waals surface area contributed by atoms with Gasteiger partial charge in [-0.3, -0.25) is 4.40 Å². The van der Waals surface area contributed by atoms with Crippen molar-refractivity contribution in [3.63, 3.8) is 0 Å². The van der Waals surface area contributed by atoms with Gasteiger partial charge in [0.05, 0.1) is 12.8 Å². The number of imidazole rings is 1. The van der Waals surface area contributed by atoms with Crippen LogP contribution >= 0.6 is 0 Å². The molecule has 0 unspecified atom stereocenters. The number of aliphatic hydroxyl groups excluding tert-OH is 1. The minimum atomic E-state index is 0.140. The number of pyridine rings is 1. The molecule has 4 rings (SSSR count). The summed E-state index contributed by atoms with van der Waals surface area (Å²) < 4.78 is 1.97. The molecule has 1 aromatic carbocycles. The maximum absolute atomic E-state index is 8.88. The van der Waals surface area contributed by atoms with Crippen LogP contribution in [0.4, 0.5) is 17.3 Å². The summed E-state index contributed by atoms with van der Waals surface area (Å²) in [6.07, 6.45) is 3.58. The highest BCUT2D eigenvalue weighted by molar-refractivity contribution is 5.85. The van der Waals surface area contributed by atoms with E-state index in [0.717, 1.165) is 47.1 Å². The molecule has 0 saturated carbocycles. The van der Waals surface area contributed by atoms with Crippen LogP contribution < -0.4 is 15.5 Å². The molecule has 3 aromatic heterocycles. The van der Waals surface area contributed by atoms with Crippen LogP contribution in [0.5, 0.6) is 0 Å². The van der Waals surface area contributed by atoms with Gasteiger partial charge in [-0.05, 0) is 37.1 Å². The molecule has 3 heterocycles. The molecular weight excluding hydrogens is 378 g/mol. The second-order valence-corrected chi connectivity index (χ2v) is 7.41. The highest BCUT2D eigenvalue weighted by Crippen LogP contribution is 2.28. The third kappa shape index (κ3) is 3.92. The third-order valence-electron chi connectivity index (χ3n) is 5.21. The quantitative estimate of drug-likeness (QED) is 0.388. The Hall–Kier alpha value is -3.23. The van der Waals surface area contributed by atoms with Crippen LogP contribution in [0, 0.1) is 13.8 Å². The highest BCUT2D eigenvalue weighted by atomic mass is 16.3. The van der Waals surface area contributed by atoms with E-state index < -0.39 is 0 Å². The molecule has 0 bridgehead atoms. The summed E-state index contributed by atoms with van der Waals surface area (Å²) >= 11 is 0. The lowest BCUT2D eigenvalue weighted by molar-refractivity contribution is 0.293. The lowest BCUT2D eigenvalue weighted by Gasteiger charge is -2.19. The fraction of sp³-hybridized carbons (Fsp3) is 0.318. The van der Waals surface area contributed by atoms with E-state index >= 15 is 0 Å². The molecule has 8 nitrogen and oxygen atoms in total. The maximum atomic E-state index is 8.88. The molecule has 3 N–H and O–H groups in total. The molecule has 0 spiro atoms. The van der Waals surface area contributed by atoms with Gasteiger partial charge >= 0.3 is 0 Å². The van der Waals surface area contributed by atoms with E-state index in [1.165, 1.54) is 11.1 Å². The molecule has 30 heavy (non-hydrogen) atoms. The van der Waals surface area contributed by atoms with E-state index in [4.69, 9.17) is 15.1 Å². The fourth-order valence-electron chi connectivity index (χ4n) is 3.51. The van der Waals surface area contributed by atoms with E-state index in [-0.39, 0.29) is 6.61 Å². The van der Waals surface area contributed by atoms with Crippen LogP contribution in [-0.2, 0) is 0 Å². The van der Waals surface area contributed by atoms with Crippen molar-refractivity contribution in [3.8, 4) is 0 Å². The lowest BCUT2D eigenvalue weighted by Crippen LogP contribution is -2.31. The molecule has 0 aliphatic heterocycles. The van der Waals surface area contributed by atoms with Gasteiger partial charge in [-0.1, -0.05) is 18.2 Å². The van der Waals surface area contributed by atoms with Gasteiger partial charge in [0.25, 0.3) is 0 Å². The van der Waals surface area contributed by atoms with Gasteiger partial charge in [0.15, 0.2) is 11.5 Å². The molecule has 0 radical (unpaired) electrons. The van der Waals surface area contributed by atoms with Gasteiger partial charge in [-0.25, -0.2) is 15.0 Å². The molecular formula is C22H27N7O. The number of fused-ring (bicyclic) bond motifs is 3. The number of nitrogens with zero attached hydrogens (tertiary/aromatic N) is 5. The van der Waals surface area contributed by atoms with Crippen molar-refractivity contribution < 1.29 is 5.11 Å². The first-order valence-corrected chi connectivity index (χ1v) is 10.1. The molecule has 0 atom stereocenters. The Bertz CT molecular complexity index is 1150. The number of hydrogen-bond acceptors (Lipinski definition) is 7. The zero-order valence-corrected chi connectivity index (χ0v) is 17.6. The van der Waals surface area contributed by atoms with E-state index in [1.807, 2.05) is 23.6 Å². The molecule has 0 amide bonds. The summed E-state index contributed by atoms with van der Waals surface area (Å²) in [4.78, 5) is 16.1. The first kappa shape index (κ1) is 20.1. The lowest BCUT2D eigenvalue weighted by atomic mass is 10.1. The summed E-state index contributed by atoms with van der Waals surface area (Å²) in [5.41, 5.74) is 5.83.